The van der Waals surface area contributed by atoms with Gasteiger partial charge in [0.15, 0.2) is 6.33 Å². The molecule has 0 spiro atoms. The summed E-state index contributed by atoms with van der Waals surface area (Å²) in [5.41, 5.74) is 0.829. The fourth-order valence-corrected chi connectivity index (χ4v) is 2.81. The van der Waals surface area contributed by atoms with Gasteiger partial charge in [-0.1, -0.05) is 23.4 Å². The van der Waals surface area contributed by atoms with E-state index < -0.39 is 10.0 Å². The number of benzene rings is 1. The van der Waals surface area contributed by atoms with Crippen LogP contribution in [0.15, 0.2) is 35.1 Å². The van der Waals surface area contributed by atoms with Crippen molar-refractivity contribution >= 4 is 10.0 Å². The summed E-state index contributed by atoms with van der Waals surface area (Å²) < 4.78 is 31.0. The zero-order valence-corrected chi connectivity index (χ0v) is 11.3. The summed E-state index contributed by atoms with van der Waals surface area (Å²) in [6.45, 7) is 0.166. The Morgan fingerprint density at radius 1 is 1.35 bits per heavy atom. The molecule has 0 radical (unpaired) electrons. The smallest absolute Gasteiger partial charge is 0.227 e. The first-order chi connectivity index (χ1) is 9.61. The second kappa shape index (κ2) is 6.27. The number of rotatable bonds is 6. The molecule has 0 aliphatic rings. The quantitative estimate of drug-likeness (QED) is 0.835. The molecule has 2 rings (SSSR count). The molecule has 0 amide bonds. The number of sulfonamides is 1. The van der Waals surface area contributed by atoms with Crippen LogP contribution in [0.4, 0.5) is 0 Å². The van der Waals surface area contributed by atoms with E-state index in [1.54, 1.807) is 24.3 Å². The third kappa shape index (κ3) is 3.88. The maximum absolute atomic E-state index is 11.9. The molecule has 0 fully saturated rings. The Labute approximate surface area is 116 Å². The molecule has 0 bridgehead atoms. The fraction of sp³-hybridized carbons (Fsp3) is 0.250. The topological polar surface area (TPSA) is 109 Å². The number of nitriles is 1. The van der Waals surface area contributed by atoms with E-state index in [-0.39, 0.29) is 12.3 Å². The van der Waals surface area contributed by atoms with Gasteiger partial charge >= 0.3 is 0 Å². The van der Waals surface area contributed by atoms with E-state index in [1.807, 2.05) is 6.07 Å². The van der Waals surface area contributed by atoms with Crippen LogP contribution in [-0.4, -0.2) is 25.1 Å². The Morgan fingerprint density at radius 2 is 2.15 bits per heavy atom. The summed E-state index contributed by atoms with van der Waals surface area (Å²) in [7, 11) is -3.51. The minimum atomic E-state index is -3.51. The summed E-state index contributed by atoms with van der Waals surface area (Å²) in [6.07, 6.45) is 1.58. The second-order valence-electron chi connectivity index (χ2n) is 4.01. The maximum Gasteiger partial charge on any atom is 0.227 e. The molecule has 20 heavy (non-hydrogen) atoms. The number of hydrogen-bond donors (Lipinski definition) is 1. The number of hydrogen-bond acceptors (Lipinski definition) is 6. The normalized spacial score (nSPS) is 11.2. The minimum Gasteiger partial charge on any atom is -0.340 e. The molecule has 0 unspecified atom stereocenters. The standard InChI is InChI=1S/C12H12N4O3S/c13-7-10-3-1-2-4-11(10)8-20(17,18)16-6-5-12-14-9-15-19-12/h1-4,9,16H,5-6,8H2. The Balaban J connectivity index is 1.95. The molecular weight excluding hydrogens is 280 g/mol. The molecule has 1 aromatic heterocycles. The van der Waals surface area contributed by atoms with Crippen molar-refractivity contribution in [3.8, 4) is 6.07 Å². The first kappa shape index (κ1) is 14.2. The molecule has 0 aliphatic carbocycles. The van der Waals surface area contributed by atoms with Crippen molar-refractivity contribution in [3.63, 3.8) is 0 Å². The third-order valence-corrected chi connectivity index (χ3v) is 3.89. The molecule has 2 aromatic rings. The highest BCUT2D eigenvalue weighted by Crippen LogP contribution is 2.10. The van der Waals surface area contributed by atoms with Gasteiger partial charge in [-0.25, -0.2) is 13.1 Å². The van der Waals surface area contributed by atoms with Crippen LogP contribution in [0.5, 0.6) is 0 Å². The van der Waals surface area contributed by atoms with Crippen molar-refractivity contribution in [2.75, 3.05) is 6.54 Å². The van der Waals surface area contributed by atoms with Crippen molar-refractivity contribution in [3.05, 3.63) is 47.6 Å². The highest BCUT2D eigenvalue weighted by molar-refractivity contribution is 7.88. The molecule has 0 aliphatic heterocycles. The van der Waals surface area contributed by atoms with Gasteiger partial charge in [-0.15, -0.1) is 0 Å². The van der Waals surface area contributed by atoms with Gasteiger partial charge in [0.05, 0.1) is 17.4 Å². The maximum atomic E-state index is 11.9. The SMILES string of the molecule is N#Cc1ccccc1CS(=O)(=O)NCCc1ncno1. The highest BCUT2D eigenvalue weighted by atomic mass is 32.2. The van der Waals surface area contributed by atoms with Crippen molar-refractivity contribution in [1.82, 2.24) is 14.9 Å². The lowest BCUT2D eigenvalue weighted by Crippen LogP contribution is -2.27. The fourth-order valence-electron chi connectivity index (χ4n) is 1.63. The van der Waals surface area contributed by atoms with E-state index in [4.69, 9.17) is 9.78 Å². The van der Waals surface area contributed by atoms with E-state index in [0.717, 1.165) is 0 Å². The van der Waals surface area contributed by atoms with Crippen LogP contribution in [-0.2, 0) is 22.2 Å². The molecule has 7 nitrogen and oxygen atoms in total. The molecular formula is C12H12N4O3S. The molecule has 104 valence electrons. The lowest BCUT2D eigenvalue weighted by Gasteiger charge is -2.06. The zero-order valence-electron chi connectivity index (χ0n) is 10.5. The lowest BCUT2D eigenvalue weighted by molar-refractivity contribution is 0.377. The Morgan fingerprint density at radius 3 is 2.85 bits per heavy atom. The van der Waals surface area contributed by atoms with Gasteiger partial charge in [0.1, 0.15) is 0 Å². The van der Waals surface area contributed by atoms with Crippen LogP contribution in [0, 0.1) is 11.3 Å². The van der Waals surface area contributed by atoms with Gasteiger partial charge in [-0.05, 0) is 11.6 Å². The summed E-state index contributed by atoms with van der Waals surface area (Å²) in [6, 6.07) is 8.57. The Hall–Kier alpha value is -2.24. The summed E-state index contributed by atoms with van der Waals surface area (Å²) in [5.74, 6) is 0.130. The van der Waals surface area contributed by atoms with E-state index in [1.165, 1.54) is 6.33 Å². The van der Waals surface area contributed by atoms with Gasteiger partial charge in [-0.2, -0.15) is 10.2 Å². The Bertz CT molecular complexity index is 705. The summed E-state index contributed by atoms with van der Waals surface area (Å²) in [5, 5.41) is 12.4. The summed E-state index contributed by atoms with van der Waals surface area (Å²) >= 11 is 0. The minimum absolute atomic E-state index is 0.166. The molecule has 1 aromatic carbocycles. The predicted molar refractivity (Wildman–Crippen MR) is 69.8 cm³/mol. The van der Waals surface area contributed by atoms with E-state index in [2.05, 4.69) is 14.9 Å². The molecule has 0 saturated heterocycles. The number of nitrogens with one attached hydrogen (secondary N) is 1. The van der Waals surface area contributed by atoms with E-state index in [0.29, 0.717) is 23.4 Å². The van der Waals surface area contributed by atoms with Crippen LogP contribution in [0.2, 0.25) is 0 Å². The predicted octanol–water partition coefficient (Wildman–Crippen LogP) is 0.603. The number of aromatic nitrogens is 2. The number of nitrogens with zero attached hydrogens (tertiary/aromatic N) is 3. The van der Waals surface area contributed by atoms with Crippen LogP contribution in [0.25, 0.3) is 0 Å². The highest BCUT2D eigenvalue weighted by Gasteiger charge is 2.14. The van der Waals surface area contributed by atoms with Crippen LogP contribution in [0.1, 0.15) is 17.0 Å². The van der Waals surface area contributed by atoms with E-state index >= 15 is 0 Å². The largest absolute Gasteiger partial charge is 0.340 e. The van der Waals surface area contributed by atoms with Gasteiger partial charge in [0.2, 0.25) is 15.9 Å². The summed E-state index contributed by atoms with van der Waals surface area (Å²) in [4.78, 5) is 3.79. The molecule has 0 saturated carbocycles. The van der Waals surface area contributed by atoms with Gasteiger partial charge in [0, 0.05) is 13.0 Å². The molecule has 8 heteroatoms. The molecule has 1 heterocycles. The first-order valence-corrected chi connectivity index (χ1v) is 7.47. The van der Waals surface area contributed by atoms with Crippen LogP contribution in [0.3, 0.4) is 0 Å². The van der Waals surface area contributed by atoms with Gasteiger partial charge < -0.3 is 4.52 Å². The van der Waals surface area contributed by atoms with Crippen LogP contribution < -0.4 is 4.72 Å². The van der Waals surface area contributed by atoms with Crippen molar-refractivity contribution in [1.29, 1.82) is 5.26 Å². The second-order valence-corrected chi connectivity index (χ2v) is 5.81. The lowest BCUT2D eigenvalue weighted by atomic mass is 10.1. The molecule has 0 atom stereocenters. The van der Waals surface area contributed by atoms with Crippen molar-refractivity contribution in [2.24, 2.45) is 0 Å². The van der Waals surface area contributed by atoms with Gasteiger partial charge in [-0.3, -0.25) is 0 Å². The van der Waals surface area contributed by atoms with Crippen molar-refractivity contribution in [2.45, 2.75) is 12.2 Å². The van der Waals surface area contributed by atoms with E-state index in [9.17, 15) is 8.42 Å². The average Bonchev–Trinajstić information content (AvgIpc) is 2.92. The average molecular weight is 292 g/mol. The Kier molecular flexibility index (Phi) is 4.45. The monoisotopic (exact) mass is 292 g/mol. The zero-order chi connectivity index (χ0) is 14.4. The third-order valence-electron chi connectivity index (χ3n) is 2.55. The van der Waals surface area contributed by atoms with Crippen molar-refractivity contribution < 1.29 is 12.9 Å². The molecule has 1 N–H and O–H groups in total. The first-order valence-electron chi connectivity index (χ1n) is 5.81. The van der Waals surface area contributed by atoms with Gasteiger partial charge in [0.25, 0.3) is 0 Å². The van der Waals surface area contributed by atoms with Crippen LogP contribution >= 0.6 is 0 Å².